The fourth-order valence-electron chi connectivity index (χ4n) is 3.17. The van der Waals surface area contributed by atoms with Crippen LogP contribution >= 0.6 is 11.8 Å². The molecule has 0 bridgehead atoms. The van der Waals surface area contributed by atoms with E-state index in [1.165, 1.54) is 17.3 Å². The van der Waals surface area contributed by atoms with E-state index in [4.69, 9.17) is 0 Å². The van der Waals surface area contributed by atoms with Crippen molar-refractivity contribution in [2.24, 2.45) is 0 Å². The molecule has 0 aliphatic carbocycles. The number of rotatable bonds is 6. The van der Waals surface area contributed by atoms with E-state index in [0.29, 0.717) is 10.7 Å². The third kappa shape index (κ3) is 4.15. The molecule has 0 radical (unpaired) electrons. The Bertz CT molecular complexity index is 1110. The summed E-state index contributed by atoms with van der Waals surface area (Å²) in [7, 11) is 0. The van der Waals surface area contributed by atoms with Crippen molar-refractivity contribution in [2.45, 2.75) is 24.3 Å². The summed E-state index contributed by atoms with van der Waals surface area (Å²) in [6.45, 7) is 3.98. The minimum atomic E-state index is -0.411. The van der Waals surface area contributed by atoms with Crippen molar-refractivity contribution in [1.82, 2.24) is 14.8 Å². The number of nitrogens with zero attached hydrogens (tertiary/aromatic N) is 3. The van der Waals surface area contributed by atoms with E-state index in [0.717, 1.165) is 17.1 Å². The standard InChI is InChI=1S/C24H21N3OS/c1-17-13-15-21(16-14-17)27-18(2)25-26-24(27)29-23(20-11-7-4-8-12-20)22(28)19-9-5-3-6-10-19/h3-16,23H,1-2H3. The molecule has 0 aliphatic rings. The Labute approximate surface area is 174 Å². The van der Waals surface area contributed by atoms with Crippen LogP contribution in [0, 0.1) is 13.8 Å². The van der Waals surface area contributed by atoms with Gasteiger partial charge in [-0.2, -0.15) is 0 Å². The summed E-state index contributed by atoms with van der Waals surface area (Å²) < 4.78 is 2.00. The molecule has 144 valence electrons. The molecule has 1 heterocycles. The Kier molecular flexibility index (Phi) is 5.58. The van der Waals surface area contributed by atoms with Crippen molar-refractivity contribution in [3.05, 3.63) is 107 Å². The number of benzene rings is 3. The molecule has 0 saturated carbocycles. The van der Waals surface area contributed by atoms with E-state index in [1.54, 1.807) is 0 Å². The molecule has 29 heavy (non-hydrogen) atoms. The molecular weight excluding hydrogens is 378 g/mol. The van der Waals surface area contributed by atoms with Crippen LogP contribution in [0.25, 0.3) is 5.69 Å². The summed E-state index contributed by atoms with van der Waals surface area (Å²) >= 11 is 1.43. The number of aryl methyl sites for hydroxylation is 2. The van der Waals surface area contributed by atoms with Gasteiger partial charge in [-0.05, 0) is 31.5 Å². The van der Waals surface area contributed by atoms with Crippen LogP contribution in [0.1, 0.15) is 32.6 Å². The fourth-order valence-corrected chi connectivity index (χ4v) is 4.35. The van der Waals surface area contributed by atoms with Gasteiger partial charge in [0.05, 0.1) is 0 Å². The molecule has 0 amide bonds. The number of Topliss-reactive ketones (excluding diaryl/α,β-unsaturated/α-hetero) is 1. The SMILES string of the molecule is Cc1ccc(-n2c(C)nnc2SC(C(=O)c2ccccc2)c2ccccc2)cc1. The van der Waals surface area contributed by atoms with Crippen molar-refractivity contribution in [1.29, 1.82) is 0 Å². The van der Waals surface area contributed by atoms with E-state index >= 15 is 0 Å². The van der Waals surface area contributed by atoms with Gasteiger partial charge in [-0.25, -0.2) is 0 Å². The molecule has 1 unspecified atom stereocenters. The van der Waals surface area contributed by atoms with Crippen LogP contribution < -0.4 is 0 Å². The Morgan fingerprint density at radius 3 is 2.10 bits per heavy atom. The maximum absolute atomic E-state index is 13.4. The zero-order valence-corrected chi connectivity index (χ0v) is 17.1. The second kappa shape index (κ2) is 8.45. The highest BCUT2D eigenvalue weighted by atomic mass is 32.2. The van der Waals surface area contributed by atoms with E-state index in [1.807, 2.05) is 84.3 Å². The smallest absolute Gasteiger partial charge is 0.196 e. The van der Waals surface area contributed by atoms with Crippen LogP contribution in [0.4, 0.5) is 0 Å². The molecule has 0 fully saturated rings. The topological polar surface area (TPSA) is 47.8 Å². The van der Waals surface area contributed by atoms with Gasteiger partial charge in [-0.1, -0.05) is 90.1 Å². The van der Waals surface area contributed by atoms with Gasteiger partial charge in [0.1, 0.15) is 11.1 Å². The largest absolute Gasteiger partial charge is 0.293 e. The van der Waals surface area contributed by atoms with Crippen LogP contribution in [0.5, 0.6) is 0 Å². The Morgan fingerprint density at radius 2 is 1.45 bits per heavy atom. The Balaban J connectivity index is 1.74. The van der Waals surface area contributed by atoms with Gasteiger partial charge in [0, 0.05) is 11.3 Å². The van der Waals surface area contributed by atoms with Crippen molar-refractivity contribution >= 4 is 17.5 Å². The predicted molar refractivity (Wildman–Crippen MR) is 117 cm³/mol. The third-order valence-corrected chi connectivity index (χ3v) is 5.91. The average molecular weight is 400 g/mol. The van der Waals surface area contributed by atoms with E-state index < -0.39 is 5.25 Å². The highest BCUT2D eigenvalue weighted by molar-refractivity contribution is 8.00. The van der Waals surface area contributed by atoms with Gasteiger partial charge in [0.2, 0.25) is 0 Å². The Morgan fingerprint density at radius 1 is 0.828 bits per heavy atom. The highest BCUT2D eigenvalue weighted by Crippen LogP contribution is 2.38. The molecule has 0 spiro atoms. The summed E-state index contributed by atoms with van der Waals surface area (Å²) in [4.78, 5) is 13.4. The first kappa shape index (κ1) is 19.2. The van der Waals surface area contributed by atoms with Crippen molar-refractivity contribution in [3.63, 3.8) is 0 Å². The minimum absolute atomic E-state index is 0.0536. The van der Waals surface area contributed by atoms with E-state index in [9.17, 15) is 4.79 Å². The summed E-state index contributed by atoms with van der Waals surface area (Å²) in [5.74, 6) is 0.841. The quantitative estimate of drug-likeness (QED) is 0.313. The molecule has 0 aliphatic heterocycles. The molecule has 4 aromatic rings. The monoisotopic (exact) mass is 399 g/mol. The first-order chi connectivity index (χ1) is 14.1. The first-order valence-corrected chi connectivity index (χ1v) is 10.3. The normalized spacial score (nSPS) is 11.9. The molecule has 1 aromatic heterocycles. The van der Waals surface area contributed by atoms with Gasteiger partial charge < -0.3 is 0 Å². The molecular formula is C24H21N3OS. The van der Waals surface area contributed by atoms with Crippen molar-refractivity contribution in [2.75, 3.05) is 0 Å². The summed E-state index contributed by atoms with van der Waals surface area (Å²) in [6, 6.07) is 27.5. The minimum Gasteiger partial charge on any atom is -0.293 e. The molecule has 0 saturated heterocycles. The number of hydrogen-bond donors (Lipinski definition) is 0. The van der Waals surface area contributed by atoms with Crippen LogP contribution in [0.15, 0.2) is 90.1 Å². The van der Waals surface area contributed by atoms with Crippen LogP contribution in [-0.2, 0) is 0 Å². The maximum atomic E-state index is 13.4. The first-order valence-electron chi connectivity index (χ1n) is 9.43. The third-order valence-electron chi connectivity index (χ3n) is 4.71. The van der Waals surface area contributed by atoms with Gasteiger partial charge >= 0.3 is 0 Å². The molecule has 4 nitrogen and oxygen atoms in total. The molecule has 0 N–H and O–H groups in total. The van der Waals surface area contributed by atoms with Crippen LogP contribution in [0.2, 0.25) is 0 Å². The predicted octanol–water partition coefficient (Wildman–Crippen LogP) is 5.60. The summed E-state index contributed by atoms with van der Waals surface area (Å²) in [5, 5.41) is 8.94. The lowest BCUT2D eigenvalue weighted by Crippen LogP contribution is -2.11. The van der Waals surface area contributed by atoms with Crippen LogP contribution in [0.3, 0.4) is 0 Å². The molecule has 3 aromatic carbocycles. The van der Waals surface area contributed by atoms with E-state index in [-0.39, 0.29) is 5.78 Å². The average Bonchev–Trinajstić information content (AvgIpc) is 3.13. The summed E-state index contributed by atoms with van der Waals surface area (Å²) in [6.07, 6.45) is 0. The van der Waals surface area contributed by atoms with Crippen molar-refractivity contribution < 1.29 is 4.79 Å². The van der Waals surface area contributed by atoms with Gasteiger partial charge in [0.25, 0.3) is 0 Å². The highest BCUT2D eigenvalue weighted by Gasteiger charge is 2.26. The van der Waals surface area contributed by atoms with E-state index in [2.05, 4.69) is 29.3 Å². The molecule has 4 rings (SSSR count). The number of hydrogen-bond acceptors (Lipinski definition) is 4. The lowest BCUT2D eigenvalue weighted by molar-refractivity contribution is 0.0989. The molecule has 5 heteroatoms. The zero-order chi connectivity index (χ0) is 20.2. The number of carbonyl (C=O) groups excluding carboxylic acids is 1. The fraction of sp³-hybridized carbons (Fsp3) is 0.125. The summed E-state index contributed by atoms with van der Waals surface area (Å²) in [5.41, 5.74) is 3.81. The number of thioether (sulfide) groups is 1. The number of ketones is 1. The van der Waals surface area contributed by atoms with Crippen molar-refractivity contribution in [3.8, 4) is 5.69 Å². The maximum Gasteiger partial charge on any atom is 0.196 e. The lowest BCUT2D eigenvalue weighted by Gasteiger charge is -2.17. The lowest BCUT2D eigenvalue weighted by atomic mass is 10.0. The van der Waals surface area contributed by atoms with Gasteiger partial charge in [0.15, 0.2) is 10.9 Å². The second-order valence-electron chi connectivity index (χ2n) is 6.84. The number of aromatic nitrogens is 3. The second-order valence-corrected chi connectivity index (χ2v) is 7.91. The zero-order valence-electron chi connectivity index (χ0n) is 16.3. The molecule has 1 atom stereocenters. The number of carbonyl (C=O) groups is 1. The van der Waals surface area contributed by atoms with Gasteiger partial charge in [-0.3, -0.25) is 9.36 Å². The Hall–Kier alpha value is -3.18. The van der Waals surface area contributed by atoms with Crippen LogP contribution in [-0.4, -0.2) is 20.5 Å². The van der Waals surface area contributed by atoms with Gasteiger partial charge in [-0.15, -0.1) is 10.2 Å².